The van der Waals surface area contributed by atoms with Gasteiger partial charge < -0.3 is 15.8 Å². The molecule has 1 amide bonds. The van der Waals surface area contributed by atoms with E-state index in [1.165, 1.54) is 0 Å². The van der Waals surface area contributed by atoms with E-state index in [1.807, 2.05) is 13.0 Å². The van der Waals surface area contributed by atoms with Gasteiger partial charge in [-0.1, -0.05) is 13.3 Å². The van der Waals surface area contributed by atoms with E-state index >= 15 is 0 Å². The predicted molar refractivity (Wildman–Crippen MR) is 104 cm³/mol. The summed E-state index contributed by atoms with van der Waals surface area (Å²) in [5.74, 6) is -0.581. The maximum atomic E-state index is 12.3. The minimum Gasteiger partial charge on any atom is -0.462 e. The van der Waals surface area contributed by atoms with Crippen molar-refractivity contribution in [2.24, 2.45) is 0 Å². The molecule has 0 bridgehead atoms. The zero-order valence-electron chi connectivity index (χ0n) is 15.1. The molecule has 0 spiro atoms. The van der Waals surface area contributed by atoms with Crippen LogP contribution < -0.4 is 11.1 Å². The Morgan fingerprint density at radius 2 is 1.96 bits per heavy atom. The molecule has 0 atom stereocenters. The summed E-state index contributed by atoms with van der Waals surface area (Å²) in [5, 5.41) is 7.94. The molecule has 7 nitrogen and oxygen atoms in total. The molecule has 1 heterocycles. The van der Waals surface area contributed by atoms with Gasteiger partial charge >= 0.3 is 5.97 Å². The number of hydrogen-bond acceptors (Lipinski definition) is 5. The average Bonchev–Trinajstić information content (AvgIpc) is 3.04. The monoisotopic (exact) mass is 366 g/mol. The Bertz CT molecular complexity index is 948. The first-order valence-electron chi connectivity index (χ1n) is 8.85. The summed E-state index contributed by atoms with van der Waals surface area (Å²) in [7, 11) is 0. The summed E-state index contributed by atoms with van der Waals surface area (Å²) in [6.07, 6.45) is 3.50. The number of nitrogens with zero attached hydrogens (tertiary/aromatic N) is 2. The minimum atomic E-state index is -0.359. The molecular formula is C20H22N4O3. The van der Waals surface area contributed by atoms with E-state index in [4.69, 9.17) is 10.5 Å². The number of nitrogens with two attached hydrogens (primary N) is 1. The van der Waals surface area contributed by atoms with Crippen LogP contribution in [-0.2, 0) is 16.1 Å². The number of amides is 1. The molecule has 1 aromatic heterocycles. The third-order valence-electron chi connectivity index (χ3n) is 4.10. The van der Waals surface area contributed by atoms with Crippen molar-refractivity contribution < 1.29 is 14.3 Å². The van der Waals surface area contributed by atoms with Crippen molar-refractivity contribution in [2.75, 3.05) is 17.7 Å². The van der Waals surface area contributed by atoms with Crippen LogP contribution in [0.2, 0.25) is 0 Å². The van der Waals surface area contributed by atoms with Crippen molar-refractivity contribution in [3.8, 4) is 0 Å². The van der Waals surface area contributed by atoms with Crippen LogP contribution in [0.3, 0.4) is 0 Å². The van der Waals surface area contributed by atoms with Gasteiger partial charge in [0.05, 0.1) is 23.9 Å². The number of nitrogen functional groups attached to an aromatic ring is 1. The van der Waals surface area contributed by atoms with Gasteiger partial charge in [0.2, 0.25) is 5.91 Å². The van der Waals surface area contributed by atoms with Gasteiger partial charge in [0.15, 0.2) is 0 Å². The van der Waals surface area contributed by atoms with Crippen LogP contribution in [0.1, 0.15) is 30.1 Å². The average molecular weight is 366 g/mol. The fourth-order valence-electron chi connectivity index (χ4n) is 2.63. The Morgan fingerprint density at radius 1 is 1.19 bits per heavy atom. The Hall–Kier alpha value is -3.35. The molecule has 0 radical (unpaired) electrons. The van der Waals surface area contributed by atoms with Gasteiger partial charge in [-0.2, -0.15) is 5.10 Å². The first kappa shape index (κ1) is 18.4. The van der Waals surface area contributed by atoms with Crippen molar-refractivity contribution in [2.45, 2.75) is 26.3 Å². The summed E-state index contributed by atoms with van der Waals surface area (Å²) in [5.41, 5.74) is 8.28. The number of benzene rings is 2. The van der Waals surface area contributed by atoms with Crippen molar-refractivity contribution in [1.82, 2.24) is 9.78 Å². The van der Waals surface area contributed by atoms with Gasteiger partial charge in [0.1, 0.15) is 6.54 Å². The largest absolute Gasteiger partial charge is 0.462 e. The number of fused-ring (bicyclic) bond motifs is 1. The molecule has 3 aromatic rings. The first-order chi connectivity index (χ1) is 13.1. The highest BCUT2D eigenvalue weighted by Gasteiger charge is 2.10. The molecule has 0 saturated heterocycles. The van der Waals surface area contributed by atoms with Crippen molar-refractivity contribution in [3.63, 3.8) is 0 Å². The second kappa shape index (κ2) is 8.35. The number of carbonyl (C=O) groups excluding carboxylic acids is 2. The Kier molecular flexibility index (Phi) is 5.71. The van der Waals surface area contributed by atoms with E-state index in [2.05, 4.69) is 10.4 Å². The lowest BCUT2D eigenvalue weighted by molar-refractivity contribution is -0.116. The van der Waals surface area contributed by atoms with Crippen LogP contribution in [0.5, 0.6) is 0 Å². The number of unbranched alkanes of at least 4 members (excludes halogenated alkanes) is 1. The number of nitrogens with one attached hydrogen (secondary N) is 1. The highest BCUT2D eigenvalue weighted by molar-refractivity contribution is 5.93. The Balaban J connectivity index is 1.60. The number of anilines is 2. The van der Waals surface area contributed by atoms with Gasteiger partial charge in [-0.15, -0.1) is 0 Å². The second-order valence-corrected chi connectivity index (χ2v) is 6.24. The predicted octanol–water partition coefficient (Wildman–Crippen LogP) is 3.21. The molecule has 0 aliphatic rings. The van der Waals surface area contributed by atoms with E-state index < -0.39 is 0 Å². The van der Waals surface area contributed by atoms with Crippen LogP contribution >= 0.6 is 0 Å². The molecule has 7 heteroatoms. The molecule has 0 saturated carbocycles. The quantitative estimate of drug-likeness (QED) is 0.380. The molecule has 0 aliphatic heterocycles. The maximum Gasteiger partial charge on any atom is 0.338 e. The summed E-state index contributed by atoms with van der Waals surface area (Å²) in [4.78, 5) is 24.2. The van der Waals surface area contributed by atoms with E-state index in [1.54, 1.807) is 47.3 Å². The van der Waals surface area contributed by atoms with Crippen molar-refractivity contribution in [1.29, 1.82) is 0 Å². The first-order valence-corrected chi connectivity index (χ1v) is 8.85. The summed E-state index contributed by atoms with van der Waals surface area (Å²) >= 11 is 0. The van der Waals surface area contributed by atoms with Gasteiger partial charge in [0.25, 0.3) is 0 Å². The van der Waals surface area contributed by atoms with E-state index in [9.17, 15) is 9.59 Å². The molecular weight excluding hydrogens is 344 g/mol. The summed E-state index contributed by atoms with van der Waals surface area (Å²) < 4.78 is 6.76. The standard InChI is InChI=1S/C20H22N4O3/c1-2-3-10-27-20(26)14-5-8-17(9-6-14)23-19(25)13-24-18-11-16(21)7-4-15(18)12-22-24/h4-9,11-12H,2-3,10,13,21H2,1H3,(H,23,25). The second-order valence-electron chi connectivity index (χ2n) is 6.24. The molecule has 2 aromatic carbocycles. The maximum absolute atomic E-state index is 12.3. The van der Waals surface area contributed by atoms with Crippen LogP contribution in [0.15, 0.2) is 48.7 Å². The number of ether oxygens (including phenoxy) is 1. The molecule has 3 rings (SSSR count). The highest BCUT2D eigenvalue weighted by Crippen LogP contribution is 2.17. The van der Waals surface area contributed by atoms with E-state index in [-0.39, 0.29) is 18.4 Å². The fraction of sp³-hybridized carbons (Fsp3) is 0.250. The topological polar surface area (TPSA) is 99.2 Å². The van der Waals surface area contributed by atoms with E-state index in [0.29, 0.717) is 23.5 Å². The zero-order valence-corrected chi connectivity index (χ0v) is 15.1. The van der Waals surface area contributed by atoms with Crippen molar-refractivity contribution in [3.05, 3.63) is 54.2 Å². The fourth-order valence-corrected chi connectivity index (χ4v) is 2.63. The normalized spacial score (nSPS) is 10.7. The van der Waals surface area contributed by atoms with Crippen molar-refractivity contribution >= 4 is 34.2 Å². The SMILES string of the molecule is CCCCOC(=O)c1ccc(NC(=O)Cn2ncc3ccc(N)cc32)cc1. The zero-order chi connectivity index (χ0) is 19.2. The Morgan fingerprint density at radius 3 is 2.70 bits per heavy atom. The van der Waals surface area contributed by atoms with Gasteiger partial charge in [-0.25, -0.2) is 4.79 Å². The van der Waals surface area contributed by atoms with Crippen LogP contribution in [0.25, 0.3) is 10.9 Å². The van der Waals surface area contributed by atoms with Gasteiger partial charge in [0, 0.05) is 16.8 Å². The number of aromatic nitrogens is 2. The smallest absolute Gasteiger partial charge is 0.338 e. The van der Waals surface area contributed by atoms with Gasteiger partial charge in [-0.3, -0.25) is 9.48 Å². The summed E-state index contributed by atoms with van der Waals surface area (Å²) in [6.45, 7) is 2.51. The third kappa shape index (κ3) is 4.63. The van der Waals surface area contributed by atoms with E-state index in [0.717, 1.165) is 23.7 Å². The highest BCUT2D eigenvalue weighted by atomic mass is 16.5. The number of carbonyl (C=O) groups is 2. The third-order valence-corrected chi connectivity index (χ3v) is 4.10. The van der Waals surface area contributed by atoms with Crippen LogP contribution in [0.4, 0.5) is 11.4 Å². The molecule has 0 aliphatic carbocycles. The number of rotatable bonds is 7. The lowest BCUT2D eigenvalue weighted by Crippen LogP contribution is -2.19. The summed E-state index contributed by atoms with van der Waals surface area (Å²) in [6, 6.07) is 12.1. The molecule has 140 valence electrons. The molecule has 0 fully saturated rings. The number of esters is 1. The lowest BCUT2D eigenvalue weighted by atomic mass is 10.2. The van der Waals surface area contributed by atoms with Crippen LogP contribution in [0, 0.1) is 0 Å². The molecule has 3 N–H and O–H groups in total. The molecule has 0 unspecified atom stereocenters. The molecule has 27 heavy (non-hydrogen) atoms. The Labute approximate surface area is 157 Å². The minimum absolute atomic E-state index is 0.0633. The lowest BCUT2D eigenvalue weighted by Gasteiger charge is -2.08. The van der Waals surface area contributed by atoms with Crippen LogP contribution in [-0.4, -0.2) is 28.3 Å². The van der Waals surface area contributed by atoms with Gasteiger partial charge in [-0.05, 0) is 48.9 Å². The number of hydrogen-bond donors (Lipinski definition) is 2.